The first-order chi connectivity index (χ1) is 7.00. The Morgan fingerprint density at radius 1 is 1.33 bits per heavy atom. The van der Waals surface area contributed by atoms with Crippen LogP contribution in [0.4, 0.5) is 0 Å². The van der Waals surface area contributed by atoms with E-state index in [4.69, 9.17) is 9.88 Å². The molecule has 1 aromatic carbocycles. The van der Waals surface area contributed by atoms with Crippen molar-refractivity contribution in [2.24, 2.45) is 5.14 Å². The van der Waals surface area contributed by atoms with Crippen LogP contribution in [0.15, 0.2) is 23.1 Å². The highest BCUT2D eigenvalue weighted by atomic mass is 32.2. The van der Waals surface area contributed by atoms with E-state index in [-0.39, 0.29) is 11.0 Å². The summed E-state index contributed by atoms with van der Waals surface area (Å²) in [5.74, 6) is 0. The van der Waals surface area contributed by atoms with Gasteiger partial charge < -0.3 is 4.74 Å². The van der Waals surface area contributed by atoms with Crippen LogP contribution in [0.2, 0.25) is 0 Å². The van der Waals surface area contributed by atoms with Gasteiger partial charge in [0.15, 0.2) is 0 Å². The van der Waals surface area contributed by atoms with Crippen LogP contribution in [-0.2, 0) is 27.6 Å². The molecule has 0 heterocycles. The second-order valence-corrected chi connectivity index (χ2v) is 5.30. The van der Waals surface area contributed by atoms with E-state index < -0.39 is 10.0 Å². The third-order valence-electron chi connectivity index (χ3n) is 2.73. The van der Waals surface area contributed by atoms with Crippen LogP contribution in [-0.4, -0.2) is 21.6 Å². The molecule has 1 aromatic rings. The maximum atomic E-state index is 11.1. The molecule has 0 fully saturated rings. The van der Waals surface area contributed by atoms with Crippen LogP contribution in [0.25, 0.3) is 0 Å². The van der Waals surface area contributed by atoms with Crippen LogP contribution >= 0.6 is 0 Å². The van der Waals surface area contributed by atoms with Crippen molar-refractivity contribution in [3.63, 3.8) is 0 Å². The molecule has 1 aliphatic rings. The minimum absolute atomic E-state index is 0.163. The third-order valence-corrected chi connectivity index (χ3v) is 3.65. The lowest BCUT2D eigenvalue weighted by atomic mass is 10.1. The van der Waals surface area contributed by atoms with Gasteiger partial charge in [-0.1, -0.05) is 6.07 Å². The Labute approximate surface area is 89.1 Å². The quantitative estimate of drug-likeness (QED) is 0.797. The zero-order valence-electron chi connectivity index (χ0n) is 8.43. The van der Waals surface area contributed by atoms with E-state index >= 15 is 0 Å². The molecule has 1 aliphatic carbocycles. The molecule has 15 heavy (non-hydrogen) atoms. The maximum Gasteiger partial charge on any atom is 0.238 e. The standard InChI is InChI=1S/C10H13NO3S/c1-14-9-4-7-2-3-10(15(11,12)13)6-8(7)5-9/h2-3,6,9H,4-5H2,1H3,(H2,11,12,13). The van der Waals surface area contributed by atoms with Gasteiger partial charge in [0.2, 0.25) is 10.0 Å². The summed E-state index contributed by atoms with van der Waals surface area (Å²) in [6.45, 7) is 0. The van der Waals surface area contributed by atoms with Crippen molar-refractivity contribution in [3.8, 4) is 0 Å². The molecular formula is C10H13NO3S. The summed E-state index contributed by atoms with van der Waals surface area (Å²) in [4.78, 5) is 0.179. The first kappa shape index (κ1) is 10.6. The Kier molecular flexibility index (Phi) is 2.54. The number of rotatable bonds is 2. The van der Waals surface area contributed by atoms with Crippen LogP contribution in [0.3, 0.4) is 0 Å². The van der Waals surface area contributed by atoms with Crippen molar-refractivity contribution >= 4 is 10.0 Å². The average Bonchev–Trinajstić information content (AvgIpc) is 2.57. The fraction of sp³-hybridized carbons (Fsp3) is 0.400. The van der Waals surface area contributed by atoms with Gasteiger partial charge in [0.05, 0.1) is 11.0 Å². The second-order valence-electron chi connectivity index (χ2n) is 3.74. The number of sulfonamides is 1. The van der Waals surface area contributed by atoms with Gasteiger partial charge in [0.1, 0.15) is 0 Å². The molecule has 0 bridgehead atoms. The average molecular weight is 227 g/mol. The highest BCUT2D eigenvalue weighted by Crippen LogP contribution is 2.25. The van der Waals surface area contributed by atoms with Gasteiger partial charge in [-0.15, -0.1) is 0 Å². The van der Waals surface area contributed by atoms with E-state index in [1.807, 2.05) is 6.07 Å². The first-order valence-corrected chi connectivity index (χ1v) is 6.23. The fourth-order valence-electron chi connectivity index (χ4n) is 1.90. The molecule has 2 N–H and O–H groups in total. The zero-order chi connectivity index (χ0) is 11.1. The Morgan fingerprint density at radius 2 is 2.00 bits per heavy atom. The van der Waals surface area contributed by atoms with Crippen molar-refractivity contribution in [2.45, 2.75) is 23.8 Å². The molecule has 2 rings (SSSR count). The number of methoxy groups -OCH3 is 1. The number of hydrogen-bond acceptors (Lipinski definition) is 3. The summed E-state index contributed by atoms with van der Waals surface area (Å²) in [5, 5.41) is 5.06. The van der Waals surface area contributed by atoms with E-state index in [0.717, 1.165) is 24.0 Å². The van der Waals surface area contributed by atoms with E-state index in [0.29, 0.717) is 0 Å². The summed E-state index contributed by atoms with van der Waals surface area (Å²) < 4.78 is 27.5. The van der Waals surface area contributed by atoms with Crippen molar-refractivity contribution < 1.29 is 13.2 Å². The monoisotopic (exact) mass is 227 g/mol. The molecule has 1 unspecified atom stereocenters. The Bertz CT molecular complexity index is 481. The lowest BCUT2D eigenvalue weighted by molar-refractivity contribution is 0.112. The zero-order valence-corrected chi connectivity index (χ0v) is 9.25. The van der Waals surface area contributed by atoms with Gasteiger partial charge in [-0.3, -0.25) is 0 Å². The summed E-state index contributed by atoms with van der Waals surface area (Å²) in [6.07, 6.45) is 1.77. The smallest absolute Gasteiger partial charge is 0.238 e. The van der Waals surface area contributed by atoms with Crippen molar-refractivity contribution in [2.75, 3.05) is 7.11 Å². The largest absolute Gasteiger partial charge is 0.381 e. The number of benzene rings is 1. The summed E-state index contributed by atoms with van der Waals surface area (Å²) >= 11 is 0. The summed E-state index contributed by atoms with van der Waals surface area (Å²) in [7, 11) is -1.93. The number of primary sulfonamides is 1. The van der Waals surface area contributed by atoms with E-state index in [2.05, 4.69) is 0 Å². The van der Waals surface area contributed by atoms with Crippen LogP contribution in [0, 0.1) is 0 Å². The molecule has 1 atom stereocenters. The van der Waals surface area contributed by atoms with Gasteiger partial charge in [0, 0.05) is 7.11 Å². The fourth-order valence-corrected chi connectivity index (χ4v) is 2.46. The Morgan fingerprint density at radius 3 is 2.60 bits per heavy atom. The molecule has 0 amide bonds. The van der Waals surface area contributed by atoms with Gasteiger partial charge in [-0.25, -0.2) is 13.6 Å². The molecular weight excluding hydrogens is 214 g/mol. The molecule has 5 heteroatoms. The SMILES string of the molecule is COC1Cc2ccc(S(N)(=O)=O)cc2C1. The van der Waals surface area contributed by atoms with E-state index in [9.17, 15) is 8.42 Å². The second kappa shape index (κ2) is 3.59. The van der Waals surface area contributed by atoms with Gasteiger partial charge in [-0.05, 0) is 36.1 Å². The number of fused-ring (bicyclic) bond motifs is 1. The minimum Gasteiger partial charge on any atom is -0.381 e. The topological polar surface area (TPSA) is 69.4 Å². The highest BCUT2D eigenvalue weighted by Gasteiger charge is 2.22. The van der Waals surface area contributed by atoms with Crippen molar-refractivity contribution in [1.82, 2.24) is 0 Å². The predicted molar refractivity (Wildman–Crippen MR) is 56.0 cm³/mol. The summed E-state index contributed by atoms with van der Waals surface area (Å²) in [6, 6.07) is 5.00. The third kappa shape index (κ3) is 2.04. The van der Waals surface area contributed by atoms with Gasteiger partial charge in [0.25, 0.3) is 0 Å². The highest BCUT2D eigenvalue weighted by molar-refractivity contribution is 7.89. The molecule has 0 aromatic heterocycles. The van der Waals surface area contributed by atoms with Crippen LogP contribution < -0.4 is 5.14 Å². The van der Waals surface area contributed by atoms with E-state index in [1.165, 1.54) is 0 Å². The molecule has 0 radical (unpaired) electrons. The number of nitrogens with two attached hydrogens (primary N) is 1. The maximum absolute atomic E-state index is 11.1. The predicted octanol–water partition coefficient (Wildman–Crippen LogP) is 0.448. The lowest BCUT2D eigenvalue weighted by Crippen LogP contribution is -2.12. The molecule has 4 nitrogen and oxygen atoms in total. The van der Waals surface area contributed by atoms with E-state index in [1.54, 1.807) is 19.2 Å². The van der Waals surface area contributed by atoms with Gasteiger partial charge >= 0.3 is 0 Å². The first-order valence-electron chi connectivity index (χ1n) is 4.68. The molecule has 0 aliphatic heterocycles. The molecule has 0 saturated carbocycles. The van der Waals surface area contributed by atoms with Gasteiger partial charge in [-0.2, -0.15) is 0 Å². The van der Waals surface area contributed by atoms with Crippen molar-refractivity contribution in [1.29, 1.82) is 0 Å². The molecule has 0 spiro atoms. The normalized spacial score (nSPS) is 20.3. The lowest BCUT2D eigenvalue weighted by Gasteiger charge is -2.03. The minimum atomic E-state index is -3.59. The van der Waals surface area contributed by atoms with Crippen LogP contribution in [0.5, 0.6) is 0 Å². The Balaban J connectivity index is 2.39. The van der Waals surface area contributed by atoms with Crippen molar-refractivity contribution in [3.05, 3.63) is 29.3 Å². The summed E-state index contributed by atoms with van der Waals surface area (Å²) in [5.41, 5.74) is 2.17. The molecule has 0 saturated heterocycles. The Hall–Kier alpha value is -0.910. The number of hydrogen-bond donors (Lipinski definition) is 1. The molecule has 82 valence electrons. The number of ether oxygens (including phenoxy) is 1. The van der Waals surface area contributed by atoms with Crippen LogP contribution in [0.1, 0.15) is 11.1 Å².